The van der Waals surface area contributed by atoms with Gasteiger partial charge in [-0.2, -0.15) is 0 Å². The van der Waals surface area contributed by atoms with Gasteiger partial charge in [-0.05, 0) is 30.5 Å². The zero-order chi connectivity index (χ0) is 15.5. The van der Waals surface area contributed by atoms with Crippen LogP contribution in [0.15, 0.2) is 24.3 Å². The molecule has 116 valence electrons. The Morgan fingerprint density at radius 2 is 2.10 bits per heavy atom. The molecular weight excluding hydrogens is 271 g/mol. The van der Waals surface area contributed by atoms with E-state index in [1.807, 2.05) is 13.8 Å². The van der Waals surface area contributed by atoms with Crippen LogP contribution in [0.1, 0.15) is 32.3 Å². The van der Waals surface area contributed by atoms with Crippen molar-refractivity contribution in [1.29, 1.82) is 0 Å². The predicted molar refractivity (Wildman–Crippen MR) is 79.6 cm³/mol. The molecule has 1 aliphatic rings. The molecule has 1 heterocycles. The van der Waals surface area contributed by atoms with E-state index in [9.17, 15) is 14.3 Å². The molecule has 5 heteroatoms. The van der Waals surface area contributed by atoms with Crippen LogP contribution in [0.25, 0.3) is 0 Å². The molecule has 1 fully saturated rings. The van der Waals surface area contributed by atoms with Gasteiger partial charge in [0.05, 0.1) is 12.6 Å². The summed E-state index contributed by atoms with van der Waals surface area (Å²) in [5.74, 6) is -0.263. The number of carbonyl (C=O) groups is 1. The van der Waals surface area contributed by atoms with Crippen LogP contribution >= 0.6 is 0 Å². The maximum absolute atomic E-state index is 13.0. The van der Waals surface area contributed by atoms with E-state index in [1.54, 1.807) is 17.0 Å². The number of aliphatic hydroxyl groups excluding tert-OH is 1. The van der Waals surface area contributed by atoms with Gasteiger partial charge in [0.2, 0.25) is 0 Å². The summed E-state index contributed by atoms with van der Waals surface area (Å²) in [5, 5.41) is 12.2. The lowest BCUT2D eigenvalue weighted by molar-refractivity contribution is 0.156. The molecule has 0 spiro atoms. The Labute approximate surface area is 125 Å². The highest BCUT2D eigenvalue weighted by atomic mass is 19.1. The maximum atomic E-state index is 13.0. The standard InChI is InChI=1S/C16H23FN2O2/c1-16(2,12-5-7-13(17)8-6-12)11-18-15(21)19-9-3-4-14(19)10-20/h5-8,14,20H,3-4,9-11H2,1-2H3,(H,18,21). The molecule has 0 saturated carbocycles. The molecule has 1 aliphatic heterocycles. The van der Waals surface area contributed by atoms with Crippen molar-refractivity contribution in [3.05, 3.63) is 35.6 Å². The lowest BCUT2D eigenvalue weighted by atomic mass is 9.84. The van der Waals surface area contributed by atoms with Crippen LogP contribution in [-0.4, -0.2) is 41.8 Å². The fourth-order valence-electron chi connectivity index (χ4n) is 2.69. The SMILES string of the molecule is CC(C)(CNC(=O)N1CCCC1CO)c1ccc(F)cc1. The number of nitrogens with zero attached hydrogens (tertiary/aromatic N) is 1. The minimum Gasteiger partial charge on any atom is -0.394 e. The van der Waals surface area contributed by atoms with E-state index in [1.165, 1.54) is 12.1 Å². The first kappa shape index (κ1) is 15.8. The summed E-state index contributed by atoms with van der Waals surface area (Å²) in [4.78, 5) is 13.9. The second-order valence-electron chi connectivity index (χ2n) is 6.22. The smallest absolute Gasteiger partial charge is 0.317 e. The summed E-state index contributed by atoms with van der Waals surface area (Å²) in [7, 11) is 0. The molecule has 2 rings (SSSR count). The zero-order valence-electron chi connectivity index (χ0n) is 12.6. The van der Waals surface area contributed by atoms with Crippen LogP contribution in [0.3, 0.4) is 0 Å². The van der Waals surface area contributed by atoms with E-state index in [0.717, 1.165) is 18.4 Å². The zero-order valence-corrected chi connectivity index (χ0v) is 12.6. The van der Waals surface area contributed by atoms with Gasteiger partial charge in [-0.1, -0.05) is 26.0 Å². The van der Waals surface area contributed by atoms with E-state index < -0.39 is 0 Å². The quantitative estimate of drug-likeness (QED) is 0.895. The van der Waals surface area contributed by atoms with Crippen LogP contribution in [0.4, 0.5) is 9.18 Å². The van der Waals surface area contributed by atoms with Gasteiger partial charge >= 0.3 is 6.03 Å². The molecule has 1 aromatic carbocycles. The number of likely N-dealkylation sites (tertiary alicyclic amines) is 1. The molecule has 1 unspecified atom stereocenters. The molecule has 0 bridgehead atoms. The number of carbonyl (C=O) groups excluding carboxylic acids is 1. The number of hydrogen-bond acceptors (Lipinski definition) is 2. The third-order valence-electron chi connectivity index (χ3n) is 4.16. The molecule has 0 radical (unpaired) electrons. The van der Waals surface area contributed by atoms with Gasteiger partial charge in [0.25, 0.3) is 0 Å². The summed E-state index contributed by atoms with van der Waals surface area (Å²) >= 11 is 0. The van der Waals surface area contributed by atoms with E-state index in [0.29, 0.717) is 13.1 Å². The number of amides is 2. The Morgan fingerprint density at radius 3 is 2.71 bits per heavy atom. The van der Waals surface area contributed by atoms with Crippen molar-refractivity contribution >= 4 is 6.03 Å². The number of hydrogen-bond donors (Lipinski definition) is 2. The first-order chi connectivity index (χ1) is 9.94. The number of urea groups is 1. The number of rotatable bonds is 4. The Balaban J connectivity index is 1.95. The highest BCUT2D eigenvalue weighted by Gasteiger charge is 2.29. The molecule has 1 saturated heterocycles. The highest BCUT2D eigenvalue weighted by Crippen LogP contribution is 2.23. The minimum atomic E-state index is -0.280. The Morgan fingerprint density at radius 1 is 1.43 bits per heavy atom. The summed E-state index contributed by atoms with van der Waals surface area (Å²) in [5.41, 5.74) is 0.696. The van der Waals surface area contributed by atoms with Crippen LogP contribution in [0.2, 0.25) is 0 Å². The van der Waals surface area contributed by atoms with Gasteiger partial charge < -0.3 is 15.3 Å². The largest absolute Gasteiger partial charge is 0.394 e. The molecule has 4 nitrogen and oxygen atoms in total. The summed E-state index contributed by atoms with van der Waals surface area (Å²) in [6, 6.07) is 6.14. The summed E-state index contributed by atoms with van der Waals surface area (Å²) in [6.45, 7) is 5.18. The molecule has 1 aromatic rings. The van der Waals surface area contributed by atoms with E-state index in [4.69, 9.17) is 0 Å². The third-order valence-corrected chi connectivity index (χ3v) is 4.16. The van der Waals surface area contributed by atoms with Crippen LogP contribution in [0, 0.1) is 5.82 Å². The van der Waals surface area contributed by atoms with Gasteiger partial charge in [-0.3, -0.25) is 0 Å². The molecule has 1 atom stereocenters. The lowest BCUT2D eigenvalue weighted by Crippen LogP contribution is -2.47. The predicted octanol–water partition coefficient (Wildman–Crippen LogP) is 2.27. The van der Waals surface area contributed by atoms with E-state index in [2.05, 4.69) is 5.32 Å². The topological polar surface area (TPSA) is 52.6 Å². The Kier molecular flexibility index (Phi) is 4.83. The lowest BCUT2D eigenvalue weighted by Gasteiger charge is -2.29. The average Bonchev–Trinajstić information content (AvgIpc) is 2.94. The van der Waals surface area contributed by atoms with E-state index >= 15 is 0 Å². The molecule has 2 amide bonds. The van der Waals surface area contributed by atoms with Crippen molar-refractivity contribution < 1.29 is 14.3 Å². The number of halogens is 1. The van der Waals surface area contributed by atoms with Crippen molar-refractivity contribution in [2.75, 3.05) is 19.7 Å². The van der Waals surface area contributed by atoms with Crippen molar-refractivity contribution in [3.8, 4) is 0 Å². The summed E-state index contributed by atoms with van der Waals surface area (Å²) in [6.07, 6.45) is 1.78. The van der Waals surface area contributed by atoms with Crippen molar-refractivity contribution in [1.82, 2.24) is 10.2 Å². The fourth-order valence-corrected chi connectivity index (χ4v) is 2.69. The number of nitrogens with one attached hydrogen (secondary N) is 1. The van der Waals surface area contributed by atoms with Gasteiger partial charge in [-0.25, -0.2) is 9.18 Å². The second-order valence-corrected chi connectivity index (χ2v) is 6.22. The van der Waals surface area contributed by atoms with Gasteiger partial charge in [0, 0.05) is 18.5 Å². The van der Waals surface area contributed by atoms with Crippen molar-refractivity contribution in [2.24, 2.45) is 0 Å². The Hall–Kier alpha value is -1.62. The molecule has 0 aromatic heterocycles. The number of aliphatic hydroxyl groups is 1. The van der Waals surface area contributed by atoms with Gasteiger partial charge in [-0.15, -0.1) is 0 Å². The van der Waals surface area contributed by atoms with Crippen molar-refractivity contribution in [2.45, 2.75) is 38.1 Å². The van der Waals surface area contributed by atoms with Gasteiger partial charge in [0.15, 0.2) is 0 Å². The second kappa shape index (κ2) is 6.43. The van der Waals surface area contributed by atoms with Crippen LogP contribution in [-0.2, 0) is 5.41 Å². The number of benzene rings is 1. The maximum Gasteiger partial charge on any atom is 0.317 e. The van der Waals surface area contributed by atoms with Crippen LogP contribution < -0.4 is 5.32 Å². The molecule has 21 heavy (non-hydrogen) atoms. The van der Waals surface area contributed by atoms with E-state index in [-0.39, 0.29) is 29.9 Å². The molecular formula is C16H23FN2O2. The highest BCUT2D eigenvalue weighted by molar-refractivity contribution is 5.75. The van der Waals surface area contributed by atoms with Gasteiger partial charge in [0.1, 0.15) is 5.82 Å². The normalized spacial score (nSPS) is 18.9. The Bertz CT molecular complexity index is 488. The first-order valence-electron chi connectivity index (χ1n) is 7.35. The van der Waals surface area contributed by atoms with Crippen molar-refractivity contribution in [3.63, 3.8) is 0 Å². The molecule has 2 N–H and O–H groups in total. The monoisotopic (exact) mass is 294 g/mol. The summed E-state index contributed by atoms with van der Waals surface area (Å²) < 4.78 is 13.0. The third kappa shape index (κ3) is 3.73. The van der Waals surface area contributed by atoms with Crippen LogP contribution in [0.5, 0.6) is 0 Å². The minimum absolute atomic E-state index is 0.00871. The average molecular weight is 294 g/mol. The molecule has 0 aliphatic carbocycles. The first-order valence-corrected chi connectivity index (χ1v) is 7.35. The fraction of sp³-hybridized carbons (Fsp3) is 0.562.